The number of ether oxygens (including phenoxy) is 4. The maximum Gasteiger partial charge on any atom is 0.408 e. The molecular formula is C27H33Cl2N5O6. The second-order valence-electron chi connectivity index (χ2n) is 10.6. The molecule has 4 rings (SSSR count). The molecule has 0 saturated carbocycles. The Bertz CT molecular complexity index is 1460. The van der Waals surface area contributed by atoms with Gasteiger partial charge in [0.15, 0.2) is 0 Å². The molecule has 3 aromatic rings. The zero-order chi connectivity index (χ0) is 29.4. The maximum atomic E-state index is 13.9. The first-order chi connectivity index (χ1) is 18.8. The van der Waals surface area contributed by atoms with E-state index in [0.717, 1.165) is 0 Å². The number of hydrogen-bond acceptors (Lipinski definition) is 9. The fraction of sp³-hybridized carbons (Fsp3) is 0.481. The molecule has 1 amide bonds. The molecule has 0 aliphatic carbocycles. The molecule has 40 heavy (non-hydrogen) atoms. The molecule has 2 unspecified atom stereocenters. The summed E-state index contributed by atoms with van der Waals surface area (Å²) < 4.78 is 23.3. The Balaban J connectivity index is 1.74. The zero-order valence-electron chi connectivity index (χ0n) is 23.4. The number of fused-ring (bicyclic) bond motifs is 1. The average Bonchev–Trinajstić information content (AvgIpc) is 3.29. The van der Waals surface area contributed by atoms with Crippen LogP contribution in [0.4, 0.5) is 10.7 Å². The highest BCUT2D eigenvalue weighted by molar-refractivity contribution is 6.41. The lowest BCUT2D eigenvalue weighted by Gasteiger charge is -2.24. The van der Waals surface area contributed by atoms with Crippen LogP contribution in [0, 0.1) is 0 Å². The van der Waals surface area contributed by atoms with Crippen molar-refractivity contribution in [2.75, 3.05) is 32.8 Å². The summed E-state index contributed by atoms with van der Waals surface area (Å²) in [6, 6.07) is 2.27. The summed E-state index contributed by atoms with van der Waals surface area (Å²) in [6.45, 7) is 9.76. The number of pyridine rings is 1. The predicted octanol–water partition coefficient (Wildman–Crippen LogP) is 5.07. The highest BCUT2D eigenvalue weighted by Gasteiger charge is 2.32. The molecule has 0 radical (unpaired) electrons. The summed E-state index contributed by atoms with van der Waals surface area (Å²) in [7, 11) is 2.94. The van der Waals surface area contributed by atoms with Crippen molar-refractivity contribution in [1.82, 2.24) is 19.9 Å². The third-order valence-corrected chi connectivity index (χ3v) is 6.98. The summed E-state index contributed by atoms with van der Waals surface area (Å²) >= 11 is 13.3. The molecular weight excluding hydrogens is 561 g/mol. The van der Waals surface area contributed by atoms with E-state index in [1.165, 1.54) is 14.2 Å². The molecule has 13 heteroatoms. The molecule has 1 fully saturated rings. The summed E-state index contributed by atoms with van der Waals surface area (Å²) in [5.74, 6) is 0.912. The summed E-state index contributed by atoms with van der Waals surface area (Å²) in [5, 5.41) is 7.02. The van der Waals surface area contributed by atoms with Crippen LogP contribution in [0.15, 0.2) is 23.1 Å². The van der Waals surface area contributed by atoms with Crippen LogP contribution < -0.4 is 25.7 Å². The van der Waals surface area contributed by atoms with Gasteiger partial charge in [0.1, 0.15) is 22.7 Å². The van der Waals surface area contributed by atoms with E-state index in [2.05, 4.69) is 20.6 Å². The van der Waals surface area contributed by atoms with Gasteiger partial charge in [-0.05, 0) is 40.7 Å². The number of benzene rings is 1. The van der Waals surface area contributed by atoms with E-state index in [4.69, 9.17) is 42.1 Å². The van der Waals surface area contributed by atoms with Crippen LogP contribution in [0.5, 0.6) is 11.5 Å². The third kappa shape index (κ3) is 6.06. The van der Waals surface area contributed by atoms with Gasteiger partial charge >= 0.3 is 6.09 Å². The normalized spacial score (nSPS) is 17.2. The largest absolute Gasteiger partial charge is 0.495 e. The van der Waals surface area contributed by atoms with E-state index >= 15 is 0 Å². The van der Waals surface area contributed by atoms with Crippen LogP contribution in [0.25, 0.3) is 22.2 Å². The van der Waals surface area contributed by atoms with Crippen LogP contribution in [0.1, 0.15) is 40.7 Å². The monoisotopic (exact) mass is 593 g/mol. The lowest BCUT2D eigenvalue weighted by atomic mass is 10.0. The van der Waals surface area contributed by atoms with E-state index < -0.39 is 11.7 Å². The lowest BCUT2D eigenvalue weighted by molar-refractivity contribution is 0.0497. The van der Waals surface area contributed by atoms with Crippen molar-refractivity contribution in [3.05, 3.63) is 38.7 Å². The number of anilines is 1. The van der Waals surface area contributed by atoms with Gasteiger partial charge in [0.2, 0.25) is 5.95 Å². The number of rotatable bonds is 7. The molecule has 0 spiro atoms. The number of carbonyl (C=O) groups excluding carboxylic acids is 1. The van der Waals surface area contributed by atoms with Crippen LogP contribution in [-0.4, -0.2) is 65.7 Å². The van der Waals surface area contributed by atoms with Crippen molar-refractivity contribution < 1.29 is 23.7 Å². The second-order valence-corrected chi connectivity index (χ2v) is 11.4. The van der Waals surface area contributed by atoms with Crippen LogP contribution in [0.3, 0.4) is 0 Å². The van der Waals surface area contributed by atoms with Gasteiger partial charge in [-0.25, -0.2) is 9.78 Å². The topological polar surface area (TPSA) is 126 Å². The zero-order valence-corrected chi connectivity index (χ0v) is 24.9. The summed E-state index contributed by atoms with van der Waals surface area (Å²) in [5.41, 5.74) is -0.0119. The van der Waals surface area contributed by atoms with Crippen molar-refractivity contribution in [2.45, 2.75) is 58.3 Å². The fourth-order valence-corrected chi connectivity index (χ4v) is 5.14. The number of methoxy groups -OCH3 is 2. The van der Waals surface area contributed by atoms with Gasteiger partial charge in [-0.3, -0.25) is 9.36 Å². The number of amides is 1. The van der Waals surface area contributed by atoms with Crippen LogP contribution in [0.2, 0.25) is 10.0 Å². The number of nitrogens with one attached hydrogen (secondary N) is 2. The van der Waals surface area contributed by atoms with Gasteiger partial charge in [0.05, 0.1) is 55.1 Å². The molecule has 3 heterocycles. The Morgan fingerprint density at radius 2 is 1.73 bits per heavy atom. The van der Waals surface area contributed by atoms with Gasteiger partial charge in [-0.2, -0.15) is 4.98 Å². The Kier molecular flexibility index (Phi) is 8.67. The Hall–Kier alpha value is -3.28. The predicted molar refractivity (Wildman–Crippen MR) is 154 cm³/mol. The van der Waals surface area contributed by atoms with E-state index in [0.29, 0.717) is 41.3 Å². The van der Waals surface area contributed by atoms with Gasteiger partial charge in [0.25, 0.3) is 5.56 Å². The first-order valence-electron chi connectivity index (χ1n) is 12.7. The first-order valence-corrected chi connectivity index (χ1v) is 13.5. The first kappa shape index (κ1) is 29.7. The minimum atomic E-state index is -0.627. The molecule has 2 atom stereocenters. The van der Waals surface area contributed by atoms with Gasteiger partial charge in [-0.15, -0.1) is 0 Å². The molecule has 0 bridgehead atoms. The van der Waals surface area contributed by atoms with E-state index in [1.807, 2.05) is 13.8 Å². The Morgan fingerprint density at radius 3 is 2.30 bits per heavy atom. The van der Waals surface area contributed by atoms with Crippen molar-refractivity contribution >= 4 is 46.3 Å². The number of aromatic nitrogens is 3. The SMILES string of the molecule is COc1cc(OC)c(Cl)c(-c2cc3cnc(NC4COCC4NC(=O)OC(C)(C)C)nc3n(C(C)C)c2=O)c1Cl. The van der Waals surface area contributed by atoms with Gasteiger partial charge in [-0.1, -0.05) is 23.2 Å². The third-order valence-electron chi connectivity index (χ3n) is 6.23. The fourth-order valence-electron chi connectivity index (χ4n) is 4.43. The minimum absolute atomic E-state index is 0.184. The minimum Gasteiger partial charge on any atom is -0.495 e. The molecule has 1 aliphatic rings. The second kappa shape index (κ2) is 11.7. The molecule has 11 nitrogen and oxygen atoms in total. The molecule has 1 saturated heterocycles. The highest BCUT2D eigenvalue weighted by Crippen LogP contribution is 2.45. The maximum absolute atomic E-state index is 13.9. The molecule has 216 valence electrons. The standard InChI is InChI=1S/C27H33Cl2N5O6/c1-13(2)34-23-14(8-15(24(34)35)20-21(28)18(37-6)9-19(38-7)22(20)29)10-30-25(33-23)31-16-11-39-12-17(16)32-26(36)40-27(3,4)5/h8-10,13,16-17H,11-12H2,1-7H3,(H,32,36)(H,30,31,33). The van der Waals surface area contributed by atoms with E-state index in [9.17, 15) is 9.59 Å². The van der Waals surface area contributed by atoms with Gasteiger partial charge < -0.3 is 29.6 Å². The van der Waals surface area contributed by atoms with Crippen LogP contribution in [-0.2, 0) is 9.47 Å². The number of alkyl carbamates (subject to hydrolysis) is 1. The van der Waals surface area contributed by atoms with Crippen molar-refractivity contribution in [3.8, 4) is 22.6 Å². The summed E-state index contributed by atoms with van der Waals surface area (Å²) in [6.07, 6.45) is 1.07. The smallest absolute Gasteiger partial charge is 0.408 e. The van der Waals surface area contributed by atoms with Crippen molar-refractivity contribution in [3.63, 3.8) is 0 Å². The van der Waals surface area contributed by atoms with E-state index in [-0.39, 0.29) is 45.2 Å². The highest BCUT2D eigenvalue weighted by atomic mass is 35.5. The Labute approximate surface area is 242 Å². The van der Waals surface area contributed by atoms with Gasteiger partial charge in [0, 0.05) is 29.3 Å². The lowest BCUT2D eigenvalue weighted by Crippen LogP contribution is -2.47. The van der Waals surface area contributed by atoms with Crippen molar-refractivity contribution in [1.29, 1.82) is 0 Å². The number of nitrogens with zero attached hydrogens (tertiary/aromatic N) is 3. The average molecular weight is 594 g/mol. The molecule has 1 aromatic carbocycles. The molecule has 2 aromatic heterocycles. The molecule has 1 aliphatic heterocycles. The molecule has 2 N–H and O–H groups in total. The number of hydrogen-bond donors (Lipinski definition) is 2. The Morgan fingerprint density at radius 1 is 1.10 bits per heavy atom. The number of halogens is 2. The van der Waals surface area contributed by atoms with Crippen molar-refractivity contribution in [2.24, 2.45) is 0 Å². The summed E-state index contributed by atoms with van der Waals surface area (Å²) in [4.78, 5) is 35.3. The van der Waals surface area contributed by atoms with E-state index in [1.54, 1.807) is 43.7 Å². The number of carbonyl (C=O) groups is 1. The van der Waals surface area contributed by atoms with Crippen LogP contribution >= 0.6 is 23.2 Å². The quantitative estimate of drug-likeness (QED) is 0.386.